The number of hydrogen-bond donors (Lipinski definition) is 3. The first-order valence-corrected chi connectivity index (χ1v) is 9.49. The van der Waals surface area contributed by atoms with Crippen molar-refractivity contribution < 1.29 is 23.9 Å². The van der Waals surface area contributed by atoms with Gasteiger partial charge in [-0.2, -0.15) is 5.90 Å². The maximum atomic E-state index is 12.3. The molecule has 2 aromatic rings. The molecule has 0 unspecified atom stereocenters. The third-order valence-corrected chi connectivity index (χ3v) is 4.38. The smallest absolute Gasteiger partial charge is 0.358 e. The fourth-order valence-corrected chi connectivity index (χ4v) is 2.85. The molecule has 8 nitrogen and oxygen atoms in total. The summed E-state index contributed by atoms with van der Waals surface area (Å²) in [6.07, 6.45) is 8.91. The first-order valence-electron chi connectivity index (χ1n) is 9.49. The maximum absolute atomic E-state index is 12.3. The highest BCUT2D eigenvalue weighted by atomic mass is 16.7. The van der Waals surface area contributed by atoms with Crippen LogP contribution >= 0.6 is 0 Å². The second kappa shape index (κ2) is 10.7. The van der Waals surface area contributed by atoms with Crippen LogP contribution in [0.25, 0.3) is 6.08 Å². The van der Waals surface area contributed by atoms with Gasteiger partial charge in [-0.05, 0) is 35.9 Å². The molecule has 1 heterocycles. The van der Waals surface area contributed by atoms with Gasteiger partial charge < -0.3 is 24.9 Å². The van der Waals surface area contributed by atoms with E-state index in [1.54, 1.807) is 43.5 Å². The largest absolute Gasteiger partial charge is 0.493 e. The number of nitrogens with one attached hydrogen (secondary N) is 2. The lowest BCUT2D eigenvalue weighted by atomic mass is 10.1. The van der Waals surface area contributed by atoms with Gasteiger partial charge in [0, 0.05) is 24.4 Å². The molecular formula is C23H23N3O5. The van der Waals surface area contributed by atoms with Crippen LogP contribution in [0.15, 0.2) is 72.5 Å². The maximum Gasteiger partial charge on any atom is 0.358 e. The number of methoxy groups -OCH3 is 1. The summed E-state index contributed by atoms with van der Waals surface area (Å²) in [6.45, 7) is 1.21. The summed E-state index contributed by atoms with van der Waals surface area (Å²) in [5.74, 6) is 4.92. The molecule has 0 radical (unpaired) electrons. The minimum absolute atomic E-state index is 0.160. The monoisotopic (exact) mass is 421 g/mol. The van der Waals surface area contributed by atoms with Gasteiger partial charge >= 0.3 is 5.97 Å². The fourth-order valence-electron chi connectivity index (χ4n) is 2.85. The van der Waals surface area contributed by atoms with Gasteiger partial charge in [-0.3, -0.25) is 4.79 Å². The van der Waals surface area contributed by atoms with Crippen LogP contribution in [-0.2, 0) is 9.63 Å². The summed E-state index contributed by atoms with van der Waals surface area (Å²) < 4.78 is 11.2. The van der Waals surface area contributed by atoms with Gasteiger partial charge in [-0.1, -0.05) is 30.4 Å². The van der Waals surface area contributed by atoms with Crippen molar-refractivity contribution in [3.05, 3.63) is 83.6 Å². The average Bonchev–Trinajstić information content (AvgIpc) is 2.82. The highest BCUT2D eigenvalue weighted by Crippen LogP contribution is 2.29. The van der Waals surface area contributed by atoms with Gasteiger partial charge in [0.05, 0.1) is 18.4 Å². The van der Waals surface area contributed by atoms with Crippen LogP contribution in [0.4, 0.5) is 5.69 Å². The molecule has 31 heavy (non-hydrogen) atoms. The first kappa shape index (κ1) is 21.7. The molecular weight excluding hydrogens is 398 g/mol. The van der Waals surface area contributed by atoms with E-state index in [4.69, 9.17) is 15.4 Å². The fraction of sp³-hybridized carbons (Fsp3) is 0.130. The summed E-state index contributed by atoms with van der Waals surface area (Å²) >= 11 is 0. The van der Waals surface area contributed by atoms with Crippen LogP contribution in [0.3, 0.4) is 0 Å². The average molecular weight is 421 g/mol. The van der Waals surface area contributed by atoms with E-state index in [2.05, 4.69) is 15.5 Å². The summed E-state index contributed by atoms with van der Waals surface area (Å²) in [7, 11) is 1.55. The van der Waals surface area contributed by atoms with E-state index < -0.39 is 11.9 Å². The van der Waals surface area contributed by atoms with Crippen molar-refractivity contribution in [2.75, 3.05) is 25.6 Å². The molecule has 160 valence electrons. The van der Waals surface area contributed by atoms with E-state index >= 15 is 0 Å². The molecule has 0 spiro atoms. The molecule has 2 aromatic carbocycles. The molecule has 3 rings (SSSR count). The molecule has 4 N–H and O–H groups in total. The summed E-state index contributed by atoms with van der Waals surface area (Å²) in [5, 5.41) is 5.76. The lowest BCUT2D eigenvalue weighted by Gasteiger charge is -2.13. The van der Waals surface area contributed by atoms with E-state index in [0.717, 1.165) is 17.7 Å². The molecule has 0 aromatic heterocycles. The van der Waals surface area contributed by atoms with Crippen molar-refractivity contribution >= 4 is 23.6 Å². The van der Waals surface area contributed by atoms with Gasteiger partial charge in [0.15, 0.2) is 11.5 Å². The molecule has 1 aliphatic heterocycles. The minimum atomic E-state index is -0.740. The number of hydrogen-bond acceptors (Lipinski definition) is 7. The molecule has 1 aliphatic rings. The second-order valence-corrected chi connectivity index (χ2v) is 6.50. The van der Waals surface area contributed by atoms with Crippen molar-refractivity contribution in [1.29, 1.82) is 0 Å². The number of nitrogens with two attached hydrogens (primary N) is 1. The summed E-state index contributed by atoms with van der Waals surface area (Å²) in [5.41, 5.74) is 2.22. The lowest BCUT2D eigenvalue weighted by Crippen LogP contribution is -2.15. The van der Waals surface area contributed by atoms with Gasteiger partial charge in [0.1, 0.15) is 6.61 Å². The Bertz CT molecular complexity index is 1040. The Morgan fingerprint density at radius 3 is 2.77 bits per heavy atom. The van der Waals surface area contributed by atoms with Crippen LogP contribution < -0.4 is 26.0 Å². The number of rotatable bonds is 8. The third kappa shape index (κ3) is 5.97. The Hall–Kier alpha value is -4.04. The summed E-state index contributed by atoms with van der Waals surface area (Å²) in [4.78, 5) is 28.2. The van der Waals surface area contributed by atoms with Crippen LogP contribution in [0.1, 0.15) is 15.9 Å². The van der Waals surface area contributed by atoms with Crippen molar-refractivity contribution in [2.24, 2.45) is 5.90 Å². The van der Waals surface area contributed by atoms with Crippen molar-refractivity contribution in [3.8, 4) is 11.5 Å². The predicted octanol–water partition coefficient (Wildman–Crippen LogP) is 2.80. The van der Waals surface area contributed by atoms with Crippen LogP contribution in [0, 0.1) is 0 Å². The predicted molar refractivity (Wildman–Crippen MR) is 117 cm³/mol. The van der Waals surface area contributed by atoms with Crippen molar-refractivity contribution in [2.45, 2.75) is 0 Å². The molecule has 0 saturated carbocycles. The second-order valence-electron chi connectivity index (χ2n) is 6.50. The van der Waals surface area contributed by atoms with Gasteiger partial charge in [-0.25, -0.2) is 4.79 Å². The number of amides is 1. The van der Waals surface area contributed by atoms with Crippen molar-refractivity contribution in [3.63, 3.8) is 0 Å². The highest BCUT2D eigenvalue weighted by Gasteiger charge is 2.13. The molecule has 0 bridgehead atoms. The summed E-state index contributed by atoms with van der Waals surface area (Å²) in [6, 6.07) is 11.8. The Morgan fingerprint density at radius 1 is 1.19 bits per heavy atom. The van der Waals surface area contributed by atoms with E-state index in [1.807, 2.05) is 24.4 Å². The lowest BCUT2D eigenvalue weighted by molar-refractivity contribution is -0.111. The quantitative estimate of drug-likeness (QED) is 0.444. The Balaban J connectivity index is 1.65. The zero-order valence-electron chi connectivity index (χ0n) is 17.0. The zero-order chi connectivity index (χ0) is 22.1. The number of dihydropyridines is 1. The van der Waals surface area contributed by atoms with E-state index in [-0.39, 0.29) is 5.56 Å². The van der Waals surface area contributed by atoms with Gasteiger partial charge in [0.25, 0.3) is 0 Å². The molecule has 8 heteroatoms. The Morgan fingerprint density at radius 2 is 2.03 bits per heavy atom. The Labute approximate surface area is 179 Å². The van der Waals surface area contributed by atoms with Crippen LogP contribution in [-0.4, -0.2) is 32.1 Å². The van der Waals surface area contributed by atoms with E-state index in [9.17, 15) is 9.59 Å². The van der Waals surface area contributed by atoms with Crippen LogP contribution in [0.2, 0.25) is 0 Å². The number of ether oxygens (including phenoxy) is 2. The number of carbonyl (C=O) groups excluding carboxylic acids is 2. The molecule has 0 saturated heterocycles. The zero-order valence-corrected chi connectivity index (χ0v) is 17.0. The van der Waals surface area contributed by atoms with Gasteiger partial charge in [0.2, 0.25) is 5.91 Å². The number of para-hydroxylation sites is 1. The first-order chi connectivity index (χ1) is 15.1. The number of carbonyl (C=O) groups is 2. The highest BCUT2D eigenvalue weighted by molar-refractivity contribution is 6.06. The van der Waals surface area contributed by atoms with Crippen molar-refractivity contribution in [1.82, 2.24) is 5.32 Å². The molecule has 1 amide bonds. The third-order valence-electron chi connectivity index (χ3n) is 4.38. The van der Waals surface area contributed by atoms with E-state index in [1.165, 1.54) is 12.1 Å². The standard InChI is InChI=1S/C23H23N3O5/c1-29-21-13-16(8-10-20(21)30-15-17-5-4-12-25-14-17)9-11-22(27)26-19-7-3-2-6-18(19)23(28)31-24/h2-11,13-14,25H,12,15,24H2,1H3,(H,26,27)/b11-9+. The van der Waals surface area contributed by atoms with Gasteiger partial charge in [-0.15, -0.1) is 0 Å². The molecule has 0 aliphatic carbocycles. The molecule has 0 fully saturated rings. The topological polar surface area (TPSA) is 112 Å². The minimum Gasteiger partial charge on any atom is -0.493 e. The molecule has 0 atom stereocenters. The SMILES string of the molecule is COc1cc(/C=C/C(=O)Nc2ccccc2C(=O)ON)ccc1OCC1=CNCC=C1. The normalized spacial score (nSPS) is 12.6. The van der Waals surface area contributed by atoms with Crippen LogP contribution in [0.5, 0.6) is 11.5 Å². The van der Waals surface area contributed by atoms with E-state index in [0.29, 0.717) is 23.8 Å². The number of benzene rings is 2. The number of anilines is 1. The Kier molecular flexibility index (Phi) is 7.45.